The van der Waals surface area contributed by atoms with Gasteiger partial charge in [-0.15, -0.1) is 0 Å². The normalized spacial score (nSPS) is 18.3. The van der Waals surface area contributed by atoms with Crippen LogP contribution < -0.4 is 11.1 Å². The first-order chi connectivity index (χ1) is 8.96. The van der Waals surface area contributed by atoms with E-state index in [4.69, 9.17) is 17.3 Å². The third kappa shape index (κ3) is 2.93. The Morgan fingerprint density at radius 3 is 2.42 bits per heavy atom. The Balaban J connectivity index is 2.36. The van der Waals surface area contributed by atoms with E-state index in [0.29, 0.717) is 16.9 Å². The first-order valence-electron chi connectivity index (χ1n) is 6.77. The summed E-state index contributed by atoms with van der Waals surface area (Å²) in [5.41, 5.74) is 5.92. The maximum absolute atomic E-state index is 12.1. The minimum atomic E-state index is -0.741. The van der Waals surface area contributed by atoms with Crippen LogP contribution >= 0.6 is 11.6 Å². The van der Waals surface area contributed by atoms with Crippen molar-refractivity contribution in [2.75, 3.05) is 6.54 Å². The lowest BCUT2D eigenvalue weighted by molar-refractivity contribution is -0.125. The molecule has 1 fully saturated rings. The van der Waals surface area contributed by atoms with Gasteiger partial charge in [-0.1, -0.05) is 37.6 Å². The van der Waals surface area contributed by atoms with Gasteiger partial charge in [0.15, 0.2) is 0 Å². The smallest absolute Gasteiger partial charge is 0.242 e. The predicted octanol–water partition coefficient (Wildman–Crippen LogP) is 2.68. The summed E-state index contributed by atoms with van der Waals surface area (Å²) < 4.78 is 0. The largest absolute Gasteiger partial charge is 0.368 e. The van der Waals surface area contributed by atoms with Crippen molar-refractivity contribution in [3.8, 4) is 0 Å². The van der Waals surface area contributed by atoms with Gasteiger partial charge in [-0.25, -0.2) is 0 Å². The van der Waals surface area contributed by atoms with Gasteiger partial charge < -0.3 is 5.73 Å². The first kappa shape index (κ1) is 14.4. The molecule has 104 valence electrons. The highest BCUT2D eigenvalue weighted by molar-refractivity contribution is 6.30. The van der Waals surface area contributed by atoms with Crippen molar-refractivity contribution < 1.29 is 4.79 Å². The minimum absolute atomic E-state index is 0.294. The standard InChI is InChI=1S/C15H21ClN2O/c1-10(2)9-18-15(14(17)19,11-3-4-11)12-5-7-13(16)8-6-12/h5-8,10-11,18H,3-4,9H2,1-2H3,(H2,17,19). The fraction of sp³-hybridized carbons (Fsp3) is 0.533. The van der Waals surface area contributed by atoms with Crippen LogP contribution in [-0.4, -0.2) is 12.5 Å². The van der Waals surface area contributed by atoms with Gasteiger partial charge in [0.25, 0.3) is 0 Å². The molecule has 0 aliphatic heterocycles. The van der Waals surface area contributed by atoms with E-state index < -0.39 is 5.54 Å². The average molecular weight is 281 g/mol. The second-order valence-corrected chi connectivity index (χ2v) is 6.16. The molecular weight excluding hydrogens is 260 g/mol. The van der Waals surface area contributed by atoms with Gasteiger partial charge in [-0.3, -0.25) is 10.1 Å². The molecule has 1 amide bonds. The molecule has 1 unspecified atom stereocenters. The maximum Gasteiger partial charge on any atom is 0.242 e. The minimum Gasteiger partial charge on any atom is -0.368 e. The summed E-state index contributed by atoms with van der Waals surface area (Å²) in [4.78, 5) is 12.1. The van der Waals surface area contributed by atoms with Crippen molar-refractivity contribution in [3.05, 3.63) is 34.9 Å². The van der Waals surface area contributed by atoms with E-state index in [1.165, 1.54) is 0 Å². The van der Waals surface area contributed by atoms with Crippen LogP contribution in [0.15, 0.2) is 24.3 Å². The second-order valence-electron chi connectivity index (χ2n) is 5.73. The molecule has 4 heteroatoms. The van der Waals surface area contributed by atoms with Crippen molar-refractivity contribution in [1.82, 2.24) is 5.32 Å². The first-order valence-corrected chi connectivity index (χ1v) is 7.15. The Hall–Kier alpha value is -1.06. The molecule has 0 heterocycles. The number of nitrogens with one attached hydrogen (secondary N) is 1. The number of carbonyl (C=O) groups is 1. The molecule has 1 aromatic rings. The van der Waals surface area contributed by atoms with E-state index in [0.717, 1.165) is 24.9 Å². The Kier molecular flexibility index (Phi) is 4.16. The van der Waals surface area contributed by atoms with Crippen LogP contribution in [0.4, 0.5) is 0 Å². The van der Waals surface area contributed by atoms with Crippen LogP contribution in [0.1, 0.15) is 32.3 Å². The molecule has 0 saturated heterocycles. The highest BCUT2D eigenvalue weighted by Gasteiger charge is 2.50. The van der Waals surface area contributed by atoms with E-state index in [1.54, 1.807) is 0 Å². The third-order valence-electron chi connectivity index (χ3n) is 3.67. The van der Waals surface area contributed by atoms with Gasteiger partial charge in [0.05, 0.1) is 0 Å². The lowest BCUT2D eigenvalue weighted by Gasteiger charge is -2.33. The second kappa shape index (κ2) is 5.51. The van der Waals surface area contributed by atoms with Gasteiger partial charge in [0.2, 0.25) is 5.91 Å². The number of nitrogens with two attached hydrogens (primary N) is 1. The van der Waals surface area contributed by atoms with Crippen molar-refractivity contribution in [3.63, 3.8) is 0 Å². The number of amides is 1. The molecule has 1 aromatic carbocycles. The fourth-order valence-electron chi connectivity index (χ4n) is 2.51. The van der Waals surface area contributed by atoms with Crippen LogP contribution in [0.3, 0.4) is 0 Å². The molecule has 0 bridgehead atoms. The molecule has 1 saturated carbocycles. The molecule has 3 N–H and O–H groups in total. The van der Waals surface area contributed by atoms with Crippen molar-refractivity contribution in [1.29, 1.82) is 0 Å². The molecular formula is C15H21ClN2O. The van der Waals surface area contributed by atoms with Gasteiger partial charge >= 0.3 is 0 Å². The zero-order valence-electron chi connectivity index (χ0n) is 11.4. The zero-order chi connectivity index (χ0) is 14.0. The Morgan fingerprint density at radius 1 is 1.42 bits per heavy atom. The number of primary amides is 1. The van der Waals surface area contributed by atoms with Crippen LogP contribution in [-0.2, 0) is 10.3 Å². The number of rotatable bonds is 6. The molecule has 19 heavy (non-hydrogen) atoms. The van der Waals surface area contributed by atoms with Gasteiger partial charge in [0.1, 0.15) is 5.54 Å². The fourth-order valence-corrected chi connectivity index (χ4v) is 2.63. The summed E-state index contributed by atoms with van der Waals surface area (Å²) in [7, 11) is 0. The summed E-state index contributed by atoms with van der Waals surface area (Å²) in [5.74, 6) is 0.465. The topological polar surface area (TPSA) is 55.1 Å². The highest BCUT2D eigenvalue weighted by Crippen LogP contribution is 2.46. The van der Waals surface area contributed by atoms with Gasteiger partial charge in [-0.05, 0) is 48.9 Å². The molecule has 2 rings (SSSR count). The van der Waals surface area contributed by atoms with E-state index >= 15 is 0 Å². The molecule has 1 aliphatic carbocycles. The summed E-state index contributed by atoms with van der Waals surface area (Å²) in [5, 5.41) is 4.08. The van der Waals surface area contributed by atoms with Crippen molar-refractivity contribution in [2.24, 2.45) is 17.6 Å². The SMILES string of the molecule is CC(C)CNC(C(N)=O)(c1ccc(Cl)cc1)C1CC1. The van der Waals surface area contributed by atoms with E-state index in [9.17, 15) is 4.79 Å². The Morgan fingerprint density at radius 2 is 2.00 bits per heavy atom. The number of hydrogen-bond acceptors (Lipinski definition) is 2. The predicted molar refractivity (Wildman–Crippen MR) is 77.9 cm³/mol. The lowest BCUT2D eigenvalue weighted by Crippen LogP contribution is -2.55. The van der Waals surface area contributed by atoms with Crippen molar-refractivity contribution in [2.45, 2.75) is 32.2 Å². The molecule has 3 nitrogen and oxygen atoms in total. The Labute approximate surface area is 119 Å². The maximum atomic E-state index is 12.1. The van der Waals surface area contributed by atoms with E-state index in [-0.39, 0.29) is 5.91 Å². The molecule has 0 spiro atoms. The van der Waals surface area contributed by atoms with Crippen LogP contribution in [0.2, 0.25) is 5.02 Å². The number of carbonyl (C=O) groups excluding carboxylic acids is 1. The zero-order valence-corrected chi connectivity index (χ0v) is 12.2. The van der Waals surface area contributed by atoms with Crippen LogP contribution in [0, 0.1) is 11.8 Å². The summed E-state index contributed by atoms with van der Waals surface area (Å²) in [6, 6.07) is 7.43. The van der Waals surface area contributed by atoms with E-state index in [1.807, 2.05) is 24.3 Å². The van der Waals surface area contributed by atoms with Gasteiger partial charge in [0, 0.05) is 5.02 Å². The van der Waals surface area contributed by atoms with E-state index in [2.05, 4.69) is 19.2 Å². The average Bonchev–Trinajstić information content (AvgIpc) is 3.16. The van der Waals surface area contributed by atoms with Crippen LogP contribution in [0.5, 0.6) is 0 Å². The molecule has 1 aliphatic rings. The van der Waals surface area contributed by atoms with Crippen molar-refractivity contribution >= 4 is 17.5 Å². The summed E-state index contributed by atoms with van der Waals surface area (Å²) >= 11 is 5.93. The number of benzene rings is 1. The lowest BCUT2D eigenvalue weighted by atomic mass is 9.83. The van der Waals surface area contributed by atoms with Gasteiger partial charge in [-0.2, -0.15) is 0 Å². The molecule has 1 atom stereocenters. The summed E-state index contributed by atoms with van der Waals surface area (Å²) in [6.45, 7) is 5.00. The Bertz CT molecular complexity index is 454. The van der Waals surface area contributed by atoms with Crippen LogP contribution in [0.25, 0.3) is 0 Å². The quantitative estimate of drug-likeness (QED) is 0.842. The summed E-state index contributed by atoms with van der Waals surface area (Å²) in [6.07, 6.45) is 2.08. The highest BCUT2D eigenvalue weighted by atomic mass is 35.5. The molecule has 0 aromatic heterocycles. The third-order valence-corrected chi connectivity index (χ3v) is 3.92. The molecule has 0 radical (unpaired) electrons. The number of halogens is 1. The monoisotopic (exact) mass is 280 g/mol. The number of hydrogen-bond donors (Lipinski definition) is 2.